The summed E-state index contributed by atoms with van der Waals surface area (Å²) in [6, 6.07) is 3.89. The first-order valence-electron chi connectivity index (χ1n) is 7.89. The van der Waals surface area contributed by atoms with E-state index in [2.05, 4.69) is 10.0 Å². The van der Waals surface area contributed by atoms with Crippen molar-refractivity contribution in [1.29, 1.82) is 0 Å². The molecule has 3 saturated carbocycles. The zero-order valence-electron chi connectivity index (χ0n) is 12.1. The Morgan fingerprint density at radius 3 is 2.57 bits per heavy atom. The molecule has 1 heterocycles. The van der Waals surface area contributed by atoms with Gasteiger partial charge in [-0.2, -0.15) is 0 Å². The normalized spacial score (nSPS) is 24.2. The van der Waals surface area contributed by atoms with Gasteiger partial charge in [0.25, 0.3) is 10.0 Å². The molecule has 0 radical (unpaired) electrons. The summed E-state index contributed by atoms with van der Waals surface area (Å²) in [7, 11) is -3.51. The Bertz CT molecular complexity index is 625. The van der Waals surface area contributed by atoms with E-state index in [1.807, 2.05) is 0 Å². The predicted octanol–water partition coefficient (Wildman–Crippen LogP) is 2.00. The molecular weight excluding hydrogens is 288 g/mol. The number of sulfonamides is 1. The van der Waals surface area contributed by atoms with Crippen molar-refractivity contribution in [2.45, 2.75) is 56.2 Å². The van der Waals surface area contributed by atoms with Gasteiger partial charge in [0.15, 0.2) is 0 Å². The van der Waals surface area contributed by atoms with E-state index in [-0.39, 0.29) is 10.5 Å². The minimum absolute atomic E-state index is 0.0432. The van der Waals surface area contributed by atoms with Gasteiger partial charge in [-0.1, -0.05) is 0 Å². The van der Waals surface area contributed by atoms with E-state index in [9.17, 15) is 8.42 Å². The maximum atomic E-state index is 12.3. The van der Waals surface area contributed by atoms with Gasteiger partial charge in [0, 0.05) is 12.6 Å². The lowest BCUT2D eigenvalue weighted by Gasteiger charge is -2.14. The van der Waals surface area contributed by atoms with Gasteiger partial charge in [-0.25, -0.2) is 13.1 Å². The van der Waals surface area contributed by atoms with Crippen LogP contribution in [0, 0.1) is 11.3 Å². The van der Waals surface area contributed by atoms with Crippen LogP contribution >= 0.6 is 0 Å². The van der Waals surface area contributed by atoms with E-state index < -0.39 is 10.0 Å². The monoisotopic (exact) mass is 310 g/mol. The zero-order valence-corrected chi connectivity index (χ0v) is 12.9. The summed E-state index contributed by atoms with van der Waals surface area (Å²) < 4.78 is 32.8. The molecule has 1 aromatic heterocycles. The van der Waals surface area contributed by atoms with E-state index in [1.165, 1.54) is 25.7 Å². The Kier molecular flexibility index (Phi) is 3.17. The van der Waals surface area contributed by atoms with Crippen LogP contribution in [0.15, 0.2) is 21.6 Å². The van der Waals surface area contributed by atoms with E-state index in [0.717, 1.165) is 18.8 Å². The summed E-state index contributed by atoms with van der Waals surface area (Å²) in [5.41, 5.74) is 0.260. The molecular formula is C15H22N2O3S. The first-order chi connectivity index (χ1) is 10.1. The van der Waals surface area contributed by atoms with Gasteiger partial charge in [0.1, 0.15) is 5.76 Å². The Balaban J connectivity index is 1.36. The molecule has 21 heavy (non-hydrogen) atoms. The lowest BCUT2D eigenvalue weighted by molar-refractivity contribution is 0.391. The van der Waals surface area contributed by atoms with Gasteiger partial charge in [-0.3, -0.25) is 0 Å². The van der Waals surface area contributed by atoms with Crippen molar-refractivity contribution in [1.82, 2.24) is 10.0 Å². The van der Waals surface area contributed by atoms with Crippen molar-refractivity contribution in [3.05, 3.63) is 17.9 Å². The highest BCUT2D eigenvalue weighted by Crippen LogP contribution is 2.60. The van der Waals surface area contributed by atoms with Gasteiger partial charge >= 0.3 is 0 Å². The molecule has 0 amide bonds. The molecule has 1 aromatic rings. The zero-order chi connectivity index (χ0) is 14.5. The van der Waals surface area contributed by atoms with Crippen LogP contribution in [-0.4, -0.2) is 21.0 Å². The van der Waals surface area contributed by atoms with Crippen LogP contribution in [0.25, 0.3) is 0 Å². The van der Waals surface area contributed by atoms with Gasteiger partial charge in [-0.15, -0.1) is 0 Å². The standard InChI is InChI=1S/C15H22N2O3S/c18-21(19,17-10-15(7-8-15)11-1-2-11)14-6-5-13(20-14)9-16-12-3-4-12/h5-6,11-12,16-17H,1-4,7-10H2. The molecule has 0 saturated heterocycles. The van der Waals surface area contributed by atoms with E-state index >= 15 is 0 Å². The highest BCUT2D eigenvalue weighted by atomic mass is 32.2. The minimum atomic E-state index is -3.51. The fourth-order valence-corrected chi connectivity index (χ4v) is 4.11. The topological polar surface area (TPSA) is 71.3 Å². The quantitative estimate of drug-likeness (QED) is 0.770. The number of furan rings is 1. The molecule has 3 aliphatic rings. The lowest BCUT2D eigenvalue weighted by Crippen LogP contribution is -2.31. The summed E-state index contributed by atoms with van der Waals surface area (Å²) in [6.45, 7) is 1.17. The maximum Gasteiger partial charge on any atom is 0.273 e. The molecule has 2 N–H and O–H groups in total. The Hall–Kier alpha value is -0.850. The molecule has 116 valence electrons. The van der Waals surface area contributed by atoms with Crippen molar-refractivity contribution in [3.63, 3.8) is 0 Å². The van der Waals surface area contributed by atoms with Crippen molar-refractivity contribution in [3.8, 4) is 0 Å². The summed E-state index contributed by atoms with van der Waals surface area (Å²) in [5.74, 6) is 1.43. The molecule has 0 aromatic carbocycles. The first kappa shape index (κ1) is 13.8. The van der Waals surface area contributed by atoms with E-state index in [4.69, 9.17) is 4.42 Å². The maximum absolute atomic E-state index is 12.3. The van der Waals surface area contributed by atoms with Crippen LogP contribution in [0.2, 0.25) is 0 Å². The van der Waals surface area contributed by atoms with E-state index in [0.29, 0.717) is 24.9 Å². The fourth-order valence-electron chi connectivity index (χ4n) is 3.03. The predicted molar refractivity (Wildman–Crippen MR) is 78.1 cm³/mol. The molecule has 3 aliphatic carbocycles. The van der Waals surface area contributed by atoms with Gasteiger partial charge < -0.3 is 9.73 Å². The Morgan fingerprint density at radius 1 is 1.19 bits per heavy atom. The SMILES string of the molecule is O=S(=O)(NCC1(C2CC2)CC1)c1ccc(CNC2CC2)o1. The number of hydrogen-bond acceptors (Lipinski definition) is 4. The smallest absolute Gasteiger partial charge is 0.273 e. The second-order valence-electron chi connectivity index (χ2n) is 6.84. The summed E-state index contributed by atoms with van der Waals surface area (Å²) >= 11 is 0. The lowest BCUT2D eigenvalue weighted by atomic mass is 10.0. The average Bonchev–Trinajstić information content (AvgIpc) is 3.31. The third-order valence-corrected chi connectivity index (χ3v) is 6.27. The van der Waals surface area contributed by atoms with Crippen molar-refractivity contribution in [2.75, 3.05) is 6.54 Å². The van der Waals surface area contributed by atoms with Crippen LogP contribution in [-0.2, 0) is 16.6 Å². The van der Waals surface area contributed by atoms with Gasteiger partial charge in [0.05, 0.1) is 6.54 Å². The Morgan fingerprint density at radius 2 is 1.95 bits per heavy atom. The summed E-state index contributed by atoms with van der Waals surface area (Å²) in [6.07, 6.45) is 7.26. The number of nitrogens with one attached hydrogen (secondary N) is 2. The molecule has 0 spiro atoms. The van der Waals surface area contributed by atoms with Crippen molar-refractivity contribution in [2.24, 2.45) is 11.3 Å². The average molecular weight is 310 g/mol. The van der Waals surface area contributed by atoms with Crippen LogP contribution in [0.5, 0.6) is 0 Å². The highest BCUT2D eigenvalue weighted by Gasteiger charge is 2.53. The third-order valence-electron chi connectivity index (χ3n) is 4.99. The molecule has 6 heteroatoms. The molecule has 0 aliphatic heterocycles. The molecule has 0 bridgehead atoms. The molecule has 4 rings (SSSR count). The summed E-state index contributed by atoms with van der Waals surface area (Å²) in [4.78, 5) is 0. The van der Waals surface area contributed by atoms with E-state index in [1.54, 1.807) is 12.1 Å². The highest BCUT2D eigenvalue weighted by molar-refractivity contribution is 7.89. The van der Waals surface area contributed by atoms with Crippen LogP contribution in [0.3, 0.4) is 0 Å². The van der Waals surface area contributed by atoms with Crippen LogP contribution in [0.1, 0.15) is 44.3 Å². The van der Waals surface area contributed by atoms with Gasteiger partial charge in [-0.05, 0) is 62.0 Å². The Labute approximate surface area is 125 Å². The second kappa shape index (κ2) is 4.83. The first-order valence-corrected chi connectivity index (χ1v) is 9.38. The molecule has 5 nitrogen and oxygen atoms in total. The minimum Gasteiger partial charge on any atom is -0.447 e. The number of rotatable bonds is 8. The largest absolute Gasteiger partial charge is 0.447 e. The molecule has 3 fully saturated rings. The summed E-state index contributed by atoms with van der Waals surface area (Å²) in [5, 5.41) is 3.36. The van der Waals surface area contributed by atoms with Gasteiger partial charge in [0.2, 0.25) is 5.09 Å². The second-order valence-corrected chi connectivity index (χ2v) is 8.54. The fraction of sp³-hybridized carbons (Fsp3) is 0.733. The molecule has 0 unspecified atom stereocenters. The third kappa shape index (κ3) is 3.03. The van der Waals surface area contributed by atoms with Crippen LogP contribution in [0.4, 0.5) is 0 Å². The van der Waals surface area contributed by atoms with Crippen molar-refractivity contribution < 1.29 is 12.8 Å². The molecule has 0 atom stereocenters. The number of hydrogen-bond donors (Lipinski definition) is 2. The van der Waals surface area contributed by atoms with Crippen molar-refractivity contribution >= 4 is 10.0 Å². The van der Waals surface area contributed by atoms with Crippen LogP contribution < -0.4 is 10.0 Å².